The highest BCUT2D eigenvalue weighted by molar-refractivity contribution is 7.10. The number of rotatable bonds is 2. The van der Waals surface area contributed by atoms with Gasteiger partial charge in [-0.25, -0.2) is 0 Å². The van der Waals surface area contributed by atoms with Gasteiger partial charge in [-0.2, -0.15) is 0 Å². The molecule has 3 heteroatoms. The fraction of sp³-hybridized carbons (Fsp3) is 0.636. The monoisotopic (exact) mass is 211 g/mol. The van der Waals surface area contributed by atoms with Crippen molar-refractivity contribution in [3.8, 4) is 0 Å². The van der Waals surface area contributed by atoms with Crippen LogP contribution in [0.1, 0.15) is 29.4 Å². The van der Waals surface area contributed by atoms with Gasteiger partial charge in [0.05, 0.1) is 6.10 Å². The fourth-order valence-corrected chi connectivity index (χ4v) is 2.77. The van der Waals surface area contributed by atoms with Crippen LogP contribution in [0.15, 0.2) is 11.4 Å². The van der Waals surface area contributed by atoms with E-state index in [-0.39, 0.29) is 6.10 Å². The van der Waals surface area contributed by atoms with Gasteiger partial charge < -0.3 is 10.4 Å². The third-order valence-corrected chi connectivity index (χ3v) is 3.75. The number of piperidine rings is 1. The maximum absolute atomic E-state index is 10.1. The van der Waals surface area contributed by atoms with Crippen LogP contribution in [0.25, 0.3) is 0 Å². The summed E-state index contributed by atoms with van der Waals surface area (Å²) in [6, 6.07) is 2.10. The summed E-state index contributed by atoms with van der Waals surface area (Å²) in [5.74, 6) is 0.401. The topological polar surface area (TPSA) is 32.3 Å². The van der Waals surface area contributed by atoms with Gasteiger partial charge in [0.15, 0.2) is 0 Å². The molecule has 0 radical (unpaired) electrons. The molecular formula is C11H17NOS. The molecule has 2 rings (SSSR count). The molecule has 1 aromatic rings. The van der Waals surface area contributed by atoms with E-state index in [0.717, 1.165) is 25.1 Å². The number of hydrogen-bond acceptors (Lipinski definition) is 3. The molecule has 1 aliphatic heterocycles. The zero-order valence-corrected chi connectivity index (χ0v) is 9.31. The Morgan fingerprint density at radius 2 is 2.50 bits per heavy atom. The van der Waals surface area contributed by atoms with E-state index < -0.39 is 0 Å². The van der Waals surface area contributed by atoms with Crippen LogP contribution in [0, 0.1) is 12.8 Å². The van der Waals surface area contributed by atoms with E-state index in [1.807, 2.05) is 0 Å². The lowest BCUT2D eigenvalue weighted by atomic mass is 9.90. The van der Waals surface area contributed by atoms with Gasteiger partial charge in [-0.05, 0) is 43.3 Å². The molecule has 2 heterocycles. The summed E-state index contributed by atoms with van der Waals surface area (Å²) < 4.78 is 0. The lowest BCUT2D eigenvalue weighted by Crippen LogP contribution is -2.33. The van der Waals surface area contributed by atoms with E-state index in [4.69, 9.17) is 0 Å². The van der Waals surface area contributed by atoms with Crippen molar-refractivity contribution in [2.75, 3.05) is 13.1 Å². The van der Waals surface area contributed by atoms with Crippen LogP contribution in [-0.4, -0.2) is 18.2 Å². The molecule has 2 N–H and O–H groups in total. The van der Waals surface area contributed by atoms with Crippen LogP contribution in [0.5, 0.6) is 0 Å². The smallest absolute Gasteiger partial charge is 0.0838 e. The summed E-state index contributed by atoms with van der Waals surface area (Å²) in [6.07, 6.45) is 2.06. The molecule has 0 saturated carbocycles. The highest BCUT2D eigenvalue weighted by Gasteiger charge is 2.23. The van der Waals surface area contributed by atoms with Gasteiger partial charge >= 0.3 is 0 Å². The van der Waals surface area contributed by atoms with Gasteiger partial charge in [0.25, 0.3) is 0 Å². The molecule has 0 amide bonds. The molecule has 2 unspecified atom stereocenters. The molecule has 1 aliphatic rings. The third-order valence-electron chi connectivity index (χ3n) is 2.87. The van der Waals surface area contributed by atoms with Crippen molar-refractivity contribution in [3.05, 3.63) is 21.9 Å². The normalized spacial score (nSPS) is 24.9. The van der Waals surface area contributed by atoms with Crippen molar-refractivity contribution in [2.45, 2.75) is 25.9 Å². The Morgan fingerprint density at radius 3 is 3.07 bits per heavy atom. The first-order valence-electron chi connectivity index (χ1n) is 5.21. The average Bonchev–Trinajstić information content (AvgIpc) is 2.65. The molecular weight excluding hydrogens is 194 g/mol. The highest BCUT2D eigenvalue weighted by atomic mass is 32.1. The summed E-state index contributed by atoms with van der Waals surface area (Å²) in [6.45, 7) is 4.14. The number of thiophene rings is 1. The van der Waals surface area contributed by atoms with Crippen molar-refractivity contribution in [3.63, 3.8) is 0 Å². The summed E-state index contributed by atoms with van der Waals surface area (Å²) in [5.41, 5.74) is 1.10. The number of hydrogen-bond donors (Lipinski definition) is 2. The standard InChI is InChI=1S/C11H17NOS/c1-8-5-10(7-14-8)11(13)9-3-2-4-12-6-9/h5,7,9,11-13H,2-4,6H2,1H3. The predicted molar refractivity (Wildman–Crippen MR) is 59.6 cm³/mol. The van der Waals surface area contributed by atoms with E-state index in [9.17, 15) is 5.11 Å². The molecule has 0 aliphatic carbocycles. The third kappa shape index (κ3) is 2.16. The van der Waals surface area contributed by atoms with Crippen LogP contribution in [0.4, 0.5) is 0 Å². The average molecular weight is 211 g/mol. The first-order valence-corrected chi connectivity index (χ1v) is 6.09. The zero-order chi connectivity index (χ0) is 9.97. The number of aliphatic hydroxyl groups is 1. The number of aryl methyl sites for hydroxylation is 1. The molecule has 0 aromatic carbocycles. The highest BCUT2D eigenvalue weighted by Crippen LogP contribution is 2.29. The van der Waals surface area contributed by atoms with E-state index in [2.05, 4.69) is 23.7 Å². The van der Waals surface area contributed by atoms with Gasteiger partial charge in [0, 0.05) is 17.3 Å². The summed E-state index contributed by atoms with van der Waals surface area (Å²) in [4.78, 5) is 1.28. The minimum atomic E-state index is -0.271. The van der Waals surface area contributed by atoms with Crippen molar-refractivity contribution in [1.29, 1.82) is 0 Å². The van der Waals surface area contributed by atoms with E-state index in [0.29, 0.717) is 5.92 Å². The van der Waals surface area contributed by atoms with Crippen LogP contribution >= 0.6 is 11.3 Å². The first-order chi connectivity index (χ1) is 6.77. The molecule has 1 aromatic heterocycles. The molecule has 78 valence electrons. The van der Waals surface area contributed by atoms with Gasteiger partial charge in [-0.3, -0.25) is 0 Å². The fourth-order valence-electron chi connectivity index (χ4n) is 2.04. The Morgan fingerprint density at radius 1 is 1.64 bits per heavy atom. The van der Waals surface area contributed by atoms with E-state index in [1.54, 1.807) is 11.3 Å². The maximum Gasteiger partial charge on any atom is 0.0838 e. The molecule has 2 atom stereocenters. The minimum absolute atomic E-state index is 0.271. The lowest BCUT2D eigenvalue weighted by molar-refractivity contribution is 0.0925. The largest absolute Gasteiger partial charge is 0.388 e. The van der Waals surface area contributed by atoms with Crippen molar-refractivity contribution >= 4 is 11.3 Å². The maximum atomic E-state index is 10.1. The van der Waals surface area contributed by atoms with Gasteiger partial charge in [-0.1, -0.05) is 0 Å². The van der Waals surface area contributed by atoms with Crippen LogP contribution in [0.2, 0.25) is 0 Å². The predicted octanol–water partition coefficient (Wildman–Crippen LogP) is 2.09. The molecule has 0 spiro atoms. The van der Waals surface area contributed by atoms with Crippen molar-refractivity contribution in [1.82, 2.24) is 5.32 Å². The molecule has 1 fully saturated rings. The Labute approximate surface area is 89.0 Å². The van der Waals surface area contributed by atoms with Crippen LogP contribution in [-0.2, 0) is 0 Å². The second-order valence-electron chi connectivity index (χ2n) is 4.04. The van der Waals surface area contributed by atoms with Crippen molar-refractivity contribution in [2.24, 2.45) is 5.92 Å². The molecule has 1 saturated heterocycles. The van der Waals surface area contributed by atoms with Crippen molar-refractivity contribution < 1.29 is 5.11 Å². The number of nitrogens with one attached hydrogen (secondary N) is 1. The Hall–Kier alpha value is -0.380. The zero-order valence-electron chi connectivity index (χ0n) is 8.49. The van der Waals surface area contributed by atoms with E-state index >= 15 is 0 Å². The van der Waals surface area contributed by atoms with Gasteiger partial charge in [0.2, 0.25) is 0 Å². The Kier molecular flexibility index (Phi) is 3.21. The minimum Gasteiger partial charge on any atom is -0.388 e. The Balaban J connectivity index is 2.03. The van der Waals surface area contributed by atoms with Gasteiger partial charge in [0.1, 0.15) is 0 Å². The molecule has 0 bridgehead atoms. The molecule has 14 heavy (non-hydrogen) atoms. The lowest BCUT2D eigenvalue weighted by Gasteiger charge is -2.26. The number of aliphatic hydroxyl groups excluding tert-OH is 1. The van der Waals surface area contributed by atoms with Crippen LogP contribution < -0.4 is 5.32 Å². The summed E-state index contributed by atoms with van der Waals surface area (Å²) in [5, 5.41) is 15.5. The second-order valence-corrected chi connectivity index (χ2v) is 5.16. The van der Waals surface area contributed by atoms with Crippen LogP contribution in [0.3, 0.4) is 0 Å². The SMILES string of the molecule is Cc1cc(C(O)C2CCCNC2)cs1. The second kappa shape index (κ2) is 4.43. The quantitative estimate of drug-likeness (QED) is 0.785. The first kappa shape index (κ1) is 10.1. The summed E-state index contributed by atoms with van der Waals surface area (Å²) >= 11 is 1.72. The molecule has 2 nitrogen and oxygen atoms in total. The Bertz CT molecular complexity index is 291. The van der Waals surface area contributed by atoms with E-state index in [1.165, 1.54) is 11.3 Å². The summed E-state index contributed by atoms with van der Waals surface area (Å²) in [7, 11) is 0. The van der Waals surface area contributed by atoms with Gasteiger partial charge in [-0.15, -0.1) is 11.3 Å².